The van der Waals surface area contributed by atoms with Crippen LogP contribution in [0.15, 0.2) is 48.5 Å². The molecule has 0 radical (unpaired) electrons. The molecule has 2 aromatic carbocycles. The average molecular weight is 434 g/mol. The molecule has 0 aliphatic heterocycles. The minimum Gasteiger partial charge on any atom is -0.491 e. The Morgan fingerprint density at radius 1 is 0.938 bits per heavy atom. The number of aromatic nitrogens is 2. The van der Waals surface area contributed by atoms with Crippen molar-refractivity contribution in [3.8, 4) is 5.75 Å². The van der Waals surface area contributed by atoms with Gasteiger partial charge in [0, 0.05) is 38.1 Å². The molecule has 1 heterocycles. The average Bonchev–Trinajstić information content (AvgIpc) is 2.78. The van der Waals surface area contributed by atoms with Gasteiger partial charge in [0.15, 0.2) is 0 Å². The van der Waals surface area contributed by atoms with Crippen molar-refractivity contribution in [2.75, 3.05) is 24.3 Å². The van der Waals surface area contributed by atoms with Crippen LogP contribution in [0.4, 0.5) is 11.8 Å². The van der Waals surface area contributed by atoms with Crippen LogP contribution in [0, 0.1) is 0 Å². The van der Waals surface area contributed by atoms with Gasteiger partial charge in [-0.3, -0.25) is 0 Å². The van der Waals surface area contributed by atoms with Crippen molar-refractivity contribution < 1.29 is 4.74 Å². The number of anilines is 2. The Kier molecular flexibility index (Phi) is 7.10. The molecule has 0 atom stereocenters. The van der Waals surface area contributed by atoms with Crippen molar-refractivity contribution in [2.45, 2.75) is 64.3 Å². The Bertz CT molecular complexity index is 1010. The van der Waals surface area contributed by atoms with E-state index < -0.39 is 0 Å². The Balaban J connectivity index is 1.29. The van der Waals surface area contributed by atoms with E-state index in [2.05, 4.69) is 51.9 Å². The normalized spacial score (nSPS) is 18.7. The zero-order valence-electron chi connectivity index (χ0n) is 19.6. The molecular formula is C26H35N5O. The summed E-state index contributed by atoms with van der Waals surface area (Å²) in [5.74, 6) is 2.62. The molecule has 0 saturated heterocycles. The molecule has 32 heavy (non-hydrogen) atoms. The molecule has 1 fully saturated rings. The Morgan fingerprint density at radius 2 is 1.62 bits per heavy atom. The molecule has 1 aromatic heterocycles. The van der Waals surface area contributed by atoms with Crippen molar-refractivity contribution in [1.82, 2.24) is 15.3 Å². The van der Waals surface area contributed by atoms with E-state index in [1.54, 1.807) is 0 Å². The number of ether oxygens (including phenoxy) is 1. The highest BCUT2D eigenvalue weighted by Crippen LogP contribution is 2.26. The molecule has 0 unspecified atom stereocenters. The molecule has 1 saturated carbocycles. The molecule has 3 aromatic rings. The summed E-state index contributed by atoms with van der Waals surface area (Å²) < 4.78 is 5.73. The quantitative estimate of drug-likeness (QED) is 0.521. The second kappa shape index (κ2) is 10.2. The maximum Gasteiger partial charge on any atom is 0.225 e. The summed E-state index contributed by atoms with van der Waals surface area (Å²) >= 11 is 0. The molecule has 6 nitrogen and oxygen atoms in total. The standard InChI is InChI=1S/C26H35N5O/c1-18(2)32-22-15-9-19(10-16-22)17-27-20-11-13-21(14-12-20)28-26-29-24-8-6-5-7-23(24)25(30-26)31(3)4/h5-10,15-16,18,20-21,27H,11-14,17H2,1-4H3,(H,28,29,30). The van der Waals surface area contributed by atoms with Gasteiger partial charge in [-0.2, -0.15) is 4.98 Å². The van der Waals surface area contributed by atoms with Gasteiger partial charge in [0.25, 0.3) is 0 Å². The number of para-hydroxylation sites is 1. The van der Waals surface area contributed by atoms with Crippen molar-refractivity contribution >= 4 is 22.7 Å². The second-order valence-corrected chi connectivity index (χ2v) is 9.17. The number of rotatable bonds is 8. The van der Waals surface area contributed by atoms with Crippen LogP contribution in [0.2, 0.25) is 0 Å². The van der Waals surface area contributed by atoms with E-state index in [9.17, 15) is 0 Å². The predicted octanol–water partition coefficient (Wildman–Crippen LogP) is 5.00. The molecule has 1 aliphatic rings. The fourth-order valence-electron chi connectivity index (χ4n) is 4.31. The lowest BCUT2D eigenvalue weighted by atomic mass is 9.91. The molecule has 2 N–H and O–H groups in total. The number of hydrogen-bond donors (Lipinski definition) is 2. The molecule has 170 valence electrons. The first-order valence-electron chi connectivity index (χ1n) is 11.7. The maximum atomic E-state index is 5.73. The minimum atomic E-state index is 0.206. The zero-order chi connectivity index (χ0) is 22.5. The lowest BCUT2D eigenvalue weighted by Gasteiger charge is -2.30. The number of benzene rings is 2. The fourth-order valence-corrected chi connectivity index (χ4v) is 4.31. The second-order valence-electron chi connectivity index (χ2n) is 9.17. The molecule has 0 bridgehead atoms. The molecule has 4 rings (SSSR count). The maximum absolute atomic E-state index is 5.73. The number of nitrogens with zero attached hydrogens (tertiary/aromatic N) is 3. The van der Waals surface area contributed by atoms with Gasteiger partial charge >= 0.3 is 0 Å². The van der Waals surface area contributed by atoms with Gasteiger partial charge in [0.2, 0.25) is 5.95 Å². The van der Waals surface area contributed by atoms with Gasteiger partial charge in [-0.15, -0.1) is 0 Å². The highest BCUT2D eigenvalue weighted by molar-refractivity contribution is 5.90. The van der Waals surface area contributed by atoms with E-state index in [1.807, 2.05) is 40.1 Å². The summed E-state index contributed by atoms with van der Waals surface area (Å²) in [7, 11) is 4.06. The molecule has 6 heteroatoms. The summed E-state index contributed by atoms with van der Waals surface area (Å²) in [5.41, 5.74) is 2.27. The van der Waals surface area contributed by atoms with Crippen LogP contribution in [0.1, 0.15) is 45.1 Å². The van der Waals surface area contributed by atoms with Crippen molar-refractivity contribution in [3.63, 3.8) is 0 Å². The Labute approximate surface area is 191 Å². The van der Waals surface area contributed by atoms with E-state index in [4.69, 9.17) is 14.7 Å². The first-order chi connectivity index (χ1) is 15.5. The summed E-state index contributed by atoms with van der Waals surface area (Å²) in [6, 6.07) is 17.6. The summed E-state index contributed by atoms with van der Waals surface area (Å²) in [5, 5.41) is 8.40. The number of nitrogens with one attached hydrogen (secondary N) is 2. The van der Waals surface area contributed by atoms with E-state index in [0.29, 0.717) is 12.1 Å². The summed E-state index contributed by atoms with van der Waals surface area (Å²) in [4.78, 5) is 11.6. The van der Waals surface area contributed by atoms with Gasteiger partial charge in [0.05, 0.1) is 11.6 Å². The van der Waals surface area contributed by atoms with Gasteiger partial charge in [-0.1, -0.05) is 24.3 Å². The highest BCUT2D eigenvalue weighted by atomic mass is 16.5. The first kappa shape index (κ1) is 22.3. The molecule has 0 spiro atoms. The number of hydrogen-bond acceptors (Lipinski definition) is 6. The monoisotopic (exact) mass is 433 g/mol. The van der Waals surface area contributed by atoms with Crippen LogP contribution >= 0.6 is 0 Å². The van der Waals surface area contributed by atoms with Gasteiger partial charge < -0.3 is 20.3 Å². The summed E-state index contributed by atoms with van der Waals surface area (Å²) in [6.07, 6.45) is 4.75. The topological polar surface area (TPSA) is 62.3 Å². The Hall–Kier alpha value is -2.86. The Morgan fingerprint density at radius 3 is 2.31 bits per heavy atom. The smallest absolute Gasteiger partial charge is 0.225 e. The van der Waals surface area contributed by atoms with Gasteiger partial charge in [-0.25, -0.2) is 4.98 Å². The van der Waals surface area contributed by atoms with Crippen molar-refractivity contribution in [2.24, 2.45) is 0 Å². The lowest BCUT2D eigenvalue weighted by molar-refractivity contribution is 0.242. The van der Waals surface area contributed by atoms with Crippen LogP contribution in [-0.2, 0) is 6.54 Å². The van der Waals surface area contributed by atoms with Crippen LogP contribution in [-0.4, -0.2) is 42.3 Å². The minimum absolute atomic E-state index is 0.206. The lowest BCUT2D eigenvalue weighted by Crippen LogP contribution is -2.37. The SMILES string of the molecule is CC(C)Oc1ccc(CNC2CCC(Nc3nc(N(C)C)c4ccccc4n3)CC2)cc1. The summed E-state index contributed by atoms with van der Waals surface area (Å²) in [6.45, 7) is 4.99. The number of fused-ring (bicyclic) bond motifs is 1. The van der Waals surface area contributed by atoms with Crippen molar-refractivity contribution in [1.29, 1.82) is 0 Å². The third-order valence-corrected chi connectivity index (χ3v) is 5.96. The highest BCUT2D eigenvalue weighted by Gasteiger charge is 2.22. The fraction of sp³-hybridized carbons (Fsp3) is 0.462. The molecule has 0 amide bonds. The molecular weight excluding hydrogens is 398 g/mol. The predicted molar refractivity (Wildman–Crippen MR) is 133 cm³/mol. The van der Waals surface area contributed by atoms with Gasteiger partial charge in [0.1, 0.15) is 11.6 Å². The molecule has 1 aliphatic carbocycles. The van der Waals surface area contributed by atoms with E-state index in [0.717, 1.165) is 60.6 Å². The van der Waals surface area contributed by atoms with Crippen LogP contribution < -0.4 is 20.3 Å². The van der Waals surface area contributed by atoms with Crippen LogP contribution in [0.25, 0.3) is 10.9 Å². The van der Waals surface area contributed by atoms with E-state index in [1.165, 1.54) is 5.56 Å². The zero-order valence-corrected chi connectivity index (χ0v) is 19.6. The third kappa shape index (κ3) is 5.68. The van der Waals surface area contributed by atoms with Crippen molar-refractivity contribution in [3.05, 3.63) is 54.1 Å². The van der Waals surface area contributed by atoms with Gasteiger partial charge in [-0.05, 0) is 69.4 Å². The van der Waals surface area contributed by atoms with E-state index >= 15 is 0 Å². The van der Waals surface area contributed by atoms with E-state index in [-0.39, 0.29) is 6.10 Å². The van der Waals surface area contributed by atoms with Crippen LogP contribution in [0.3, 0.4) is 0 Å². The largest absolute Gasteiger partial charge is 0.491 e. The first-order valence-corrected chi connectivity index (χ1v) is 11.7. The van der Waals surface area contributed by atoms with Crippen LogP contribution in [0.5, 0.6) is 5.75 Å². The third-order valence-electron chi connectivity index (χ3n) is 5.96.